The predicted octanol–water partition coefficient (Wildman–Crippen LogP) is 4.16. The highest BCUT2D eigenvalue weighted by Gasteiger charge is 2.66. The van der Waals surface area contributed by atoms with Crippen molar-refractivity contribution in [2.24, 2.45) is 40.2 Å². The van der Waals surface area contributed by atoms with Crippen LogP contribution in [0, 0.1) is 34.5 Å². The molecule has 0 spiro atoms. The van der Waals surface area contributed by atoms with E-state index in [9.17, 15) is 10.2 Å². The average Bonchev–Trinajstić information content (AvgIpc) is 2.80. The molecule has 0 aliphatic heterocycles. The van der Waals surface area contributed by atoms with Crippen LogP contribution in [0.2, 0.25) is 0 Å². The first kappa shape index (κ1) is 16.9. The van der Waals surface area contributed by atoms with E-state index >= 15 is 0 Å². The largest absolute Gasteiger partial charge is 0.513 e. The van der Waals surface area contributed by atoms with Gasteiger partial charge in [0, 0.05) is 11.5 Å². The zero-order valence-electron chi connectivity index (χ0n) is 15.4. The van der Waals surface area contributed by atoms with Crippen molar-refractivity contribution < 1.29 is 10.2 Å². The molecular weight excluding hydrogens is 298 g/mol. The molecule has 0 unspecified atom stereocenters. The summed E-state index contributed by atoms with van der Waals surface area (Å²) in [6.07, 6.45) is 9.79. The minimum atomic E-state index is -0.156. The van der Waals surface area contributed by atoms with Gasteiger partial charge in [-0.05, 0) is 86.4 Å². The number of allylic oxidation sites excluding steroid dienone is 1. The van der Waals surface area contributed by atoms with Crippen molar-refractivity contribution in [1.29, 1.82) is 0 Å². The lowest BCUT2D eigenvalue weighted by molar-refractivity contribution is -0.135. The minimum absolute atomic E-state index is 0.00260. The number of hydrogen-bond donors (Lipinski definition) is 3. The Kier molecular flexibility index (Phi) is 3.69. The Morgan fingerprint density at radius 1 is 1.00 bits per heavy atom. The Bertz CT molecular complexity index is 548. The molecule has 24 heavy (non-hydrogen) atoms. The van der Waals surface area contributed by atoms with Crippen LogP contribution in [0.25, 0.3) is 0 Å². The van der Waals surface area contributed by atoms with Gasteiger partial charge < -0.3 is 15.9 Å². The van der Waals surface area contributed by atoms with Crippen LogP contribution in [0.15, 0.2) is 12.3 Å². The van der Waals surface area contributed by atoms with Crippen LogP contribution in [0.1, 0.15) is 71.6 Å². The van der Waals surface area contributed by atoms with E-state index in [2.05, 4.69) is 20.4 Å². The molecular formula is C21H35NO2. The van der Waals surface area contributed by atoms with Crippen LogP contribution in [-0.2, 0) is 0 Å². The van der Waals surface area contributed by atoms with Gasteiger partial charge in [0.15, 0.2) is 0 Å². The van der Waals surface area contributed by atoms with E-state index in [1.54, 1.807) is 0 Å². The minimum Gasteiger partial charge on any atom is -0.513 e. The topological polar surface area (TPSA) is 66.5 Å². The molecule has 4 rings (SSSR count). The van der Waals surface area contributed by atoms with Crippen molar-refractivity contribution in [3.05, 3.63) is 12.3 Å². The SMILES string of the molecule is C=C(O)[C@H]1CC[C@]2(N)[C@@H]3CC[C@@H]4C[C@@H](O)CC[C@]4(C)[C@H]3CC[C@]12C. The van der Waals surface area contributed by atoms with Crippen LogP contribution in [-0.4, -0.2) is 21.9 Å². The Balaban J connectivity index is 1.68. The molecule has 0 aromatic heterocycles. The van der Waals surface area contributed by atoms with E-state index in [1.165, 1.54) is 19.3 Å². The van der Waals surface area contributed by atoms with Crippen LogP contribution in [0.3, 0.4) is 0 Å². The normalized spacial score (nSPS) is 56.9. The quantitative estimate of drug-likeness (QED) is 0.631. The Labute approximate surface area is 146 Å². The lowest BCUT2D eigenvalue weighted by Crippen LogP contribution is -2.66. The summed E-state index contributed by atoms with van der Waals surface area (Å²) in [7, 11) is 0. The Morgan fingerprint density at radius 2 is 1.75 bits per heavy atom. The van der Waals surface area contributed by atoms with Crippen molar-refractivity contribution in [1.82, 2.24) is 0 Å². The zero-order chi connectivity index (χ0) is 17.3. The number of aliphatic hydroxyl groups is 2. The van der Waals surface area contributed by atoms with Gasteiger partial charge in [0.1, 0.15) is 0 Å². The van der Waals surface area contributed by atoms with E-state index in [-0.39, 0.29) is 23.0 Å². The highest BCUT2D eigenvalue weighted by molar-refractivity contribution is 5.22. The zero-order valence-corrected chi connectivity index (χ0v) is 15.4. The summed E-state index contributed by atoms with van der Waals surface area (Å²) < 4.78 is 0. The van der Waals surface area contributed by atoms with E-state index in [1.807, 2.05) is 0 Å². The van der Waals surface area contributed by atoms with Crippen LogP contribution in [0.5, 0.6) is 0 Å². The molecule has 136 valence electrons. The summed E-state index contributed by atoms with van der Waals surface area (Å²) in [6.45, 7) is 8.68. The molecule has 0 amide bonds. The fourth-order valence-electron chi connectivity index (χ4n) is 7.84. The van der Waals surface area contributed by atoms with Gasteiger partial charge in [0.2, 0.25) is 0 Å². The summed E-state index contributed by atoms with van der Waals surface area (Å²) in [5.74, 6) is 2.44. The molecule has 0 aromatic carbocycles. The van der Waals surface area contributed by atoms with Crippen molar-refractivity contribution in [3.8, 4) is 0 Å². The third-order valence-corrected chi connectivity index (χ3v) is 9.38. The second kappa shape index (κ2) is 5.23. The summed E-state index contributed by atoms with van der Waals surface area (Å²) in [6, 6.07) is 0. The highest BCUT2D eigenvalue weighted by Crippen LogP contribution is 2.68. The highest BCUT2D eigenvalue weighted by atomic mass is 16.3. The summed E-state index contributed by atoms with van der Waals surface area (Å²) >= 11 is 0. The second-order valence-corrected chi connectivity index (χ2v) is 10.0. The monoisotopic (exact) mass is 333 g/mol. The first-order valence-electron chi connectivity index (χ1n) is 10.1. The van der Waals surface area contributed by atoms with Gasteiger partial charge in [-0.25, -0.2) is 0 Å². The maximum absolute atomic E-state index is 10.2. The fraction of sp³-hybridized carbons (Fsp3) is 0.905. The van der Waals surface area contributed by atoms with Crippen LogP contribution >= 0.6 is 0 Å². The van der Waals surface area contributed by atoms with Gasteiger partial charge in [0.25, 0.3) is 0 Å². The second-order valence-electron chi connectivity index (χ2n) is 10.0. The third kappa shape index (κ3) is 1.97. The molecule has 0 bridgehead atoms. The number of rotatable bonds is 1. The van der Waals surface area contributed by atoms with Gasteiger partial charge in [-0.3, -0.25) is 0 Å². The van der Waals surface area contributed by atoms with Crippen molar-refractivity contribution in [3.63, 3.8) is 0 Å². The molecule has 4 fully saturated rings. The maximum atomic E-state index is 10.2. The van der Waals surface area contributed by atoms with E-state index in [0.717, 1.165) is 38.5 Å². The molecule has 8 atom stereocenters. The lowest BCUT2D eigenvalue weighted by atomic mass is 9.42. The van der Waals surface area contributed by atoms with Crippen LogP contribution in [0.4, 0.5) is 0 Å². The number of hydrogen-bond acceptors (Lipinski definition) is 3. The summed E-state index contributed by atoms with van der Waals surface area (Å²) in [5.41, 5.74) is 7.38. The first-order valence-corrected chi connectivity index (χ1v) is 10.1. The van der Waals surface area contributed by atoms with E-state index < -0.39 is 0 Å². The molecule has 0 radical (unpaired) electrons. The molecule has 4 saturated carbocycles. The molecule has 0 heterocycles. The molecule has 0 saturated heterocycles. The van der Waals surface area contributed by atoms with Crippen molar-refractivity contribution in [2.45, 2.75) is 83.3 Å². The maximum Gasteiger partial charge on any atom is 0.0888 e. The van der Waals surface area contributed by atoms with Gasteiger partial charge in [-0.2, -0.15) is 0 Å². The standard InChI is InChI=1S/C21H35NO2/c1-13(23)16-8-11-21(22)18-5-4-14-12-15(24)6-9-19(14,2)17(18)7-10-20(16,21)3/h14-18,23-24H,1,4-12,22H2,2-3H3/t14-,15+,16-,17+,18-,19+,20-,21+/m1/s1. The van der Waals surface area contributed by atoms with Gasteiger partial charge >= 0.3 is 0 Å². The Hall–Kier alpha value is -0.540. The van der Waals surface area contributed by atoms with Gasteiger partial charge in [0.05, 0.1) is 11.9 Å². The Morgan fingerprint density at radius 3 is 2.46 bits per heavy atom. The fourth-order valence-corrected chi connectivity index (χ4v) is 7.84. The average molecular weight is 334 g/mol. The number of aliphatic hydroxyl groups excluding tert-OH is 2. The lowest BCUT2D eigenvalue weighted by Gasteiger charge is -2.64. The molecule has 4 N–H and O–H groups in total. The molecule has 4 aliphatic carbocycles. The van der Waals surface area contributed by atoms with E-state index in [4.69, 9.17) is 5.73 Å². The van der Waals surface area contributed by atoms with Crippen LogP contribution < -0.4 is 5.73 Å². The van der Waals surface area contributed by atoms with E-state index in [0.29, 0.717) is 28.9 Å². The predicted molar refractivity (Wildman–Crippen MR) is 96.4 cm³/mol. The third-order valence-electron chi connectivity index (χ3n) is 9.38. The van der Waals surface area contributed by atoms with Gasteiger partial charge in [-0.15, -0.1) is 0 Å². The van der Waals surface area contributed by atoms with Gasteiger partial charge in [-0.1, -0.05) is 20.4 Å². The number of fused-ring (bicyclic) bond motifs is 5. The first-order chi connectivity index (χ1) is 11.2. The summed E-state index contributed by atoms with van der Waals surface area (Å²) in [5, 5.41) is 20.3. The smallest absolute Gasteiger partial charge is 0.0888 e. The number of nitrogens with two attached hydrogens (primary N) is 1. The summed E-state index contributed by atoms with van der Waals surface area (Å²) in [4.78, 5) is 0. The molecule has 3 heteroatoms. The molecule has 0 aromatic rings. The molecule has 4 aliphatic rings. The molecule has 3 nitrogen and oxygen atoms in total. The van der Waals surface area contributed by atoms with Crippen molar-refractivity contribution in [2.75, 3.05) is 0 Å². The van der Waals surface area contributed by atoms with Crippen molar-refractivity contribution >= 4 is 0 Å².